The number of esters is 1. The van der Waals surface area contributed by atoms with E-state index in [1.54, 1.807) is 13.2 Å². The Morgan fingerprint density at radius 3 is 2.87 bits per heavy atom. The predicted molar refractivity (Wildman–Crippen MR) is 60.3 cm³/mol. The first-order chi connectivity index (χ1) is 7.15. The van der Waals surface area contributed by atoms with Gasteiger partial charge in [0.25, 0.3) is 0 Å². The standard InChI is InChI=1S/C8H15N3O3S/c1-4-14-7(12)6(11-13-2)5-10-8(9)15-3/h5-6,9,11H,4H2,1-3H3. The van der Waals surface area contributed by atoms with Crippen molar-refractivity contribution in [3.05, 3.63) is 0 Å². The van der Waals surface area contributed by atoms with Gasteiger partial charge in [-0.15, -0.1) is 0 Å². The molecule has 0 aromatic carbocycles. The Morgan fingerprint density at radius 2 is 2.40 bits per heavy atom. The van der Waals surface area contributed by atoms with Crippen molar-refractivity contribution in [3.63, 3.8) is 0 Å². The van der Waals surface area contributed by atoms with Crippen LogP contribution >= 0.6 is 11.8 Å². The van der Waals surface area contributed by atoms with Crippen molar-refractivity contribution in [1.29, 1.82) is 5.41 Å². The third-order valence-electron chi connectivity index (χ3n) is 1.32. The van der Waals surface area contributed by atoms with Gasteiger partial charge in [-0.05, 0) is 13.2 Å². The van der Waals surface area contributed by atoms with Gasteiger partial charge in [0.1, 0.15) is 0 Å². The molecule has 0 saturated heterocycles. The Morgan fingerprint density at radius 1 is 1.73 bits per heavy atom. The van der Waals surface area contributed by atoms with Crippen LogP contribution < -0.4 is 5.48 Å². The second-order valence-corrected chi connectivity index (χ2v) is 3.13. The minimum absolute atomic E-state index is 0.113. The molecule has 86 valence electrons. The van der Waals surface area contributed by atoms with Crippen LogP contribution in [0.15, 0.2) is 4.99 Å². The van der Waals surface area contributed by atoms with E-state index in [1.165, 1.54) is 25.1 Å². The van der Waals surface area contributed by atoms with Crippen LogP contribution in [-0.4, -0.2) is 43.4 Å². The van der Waals surface area contributed by atoms with Gasteiger partial charge in [0.05, 0.1) is 13.7 Å². The van der Waals surface area contributed by atoms with Gasteiger partial charge in [-0.3, -0.25) is 5.41 Å². The summed E-state index contributed by atoms with van der Waals surface area (Å²) in [5.74, 6) is -0.489. The molecule has 7 heteroatoms. The molecule has 6 nitrogen and oxygen atoms in total. The average Bonchev–Trinajstić information content (AvgIpc) is 2.23. The molecule has 0 heterocycles. The highest BCUT2D eigenvalue weighted by atomic mass is 32.2. The Bertz CT molecular complexity index is 245. The SMILES string of the molecule is CCOC(=O)C(C=NC(=N)SC)NOC. The van der Waals surface area contributed by atoms with Crippen LogP contribution in [0.2, 0.25) is 0 Å². The number of carbonyl (C=O) groups is 1. The van der Waals surface area contributed by atoms with Gasteiger partial charge in [-0.2, -0.15) is 5.48 Å². The van der Waals surface area contributed by atoms with Crippen molar-refractivity contribution in [3.8, 4) is 0 Å². The first-order valence-corrected chi connectivity index (χ1v) is 5.50. The van der Waals surface area contributed by atoms with Crippen molar-refractivity contribution >= 4 is 29.1 Å². The van der Waals surface area contributed by atoms with E-state index in [9.17, 15) is 4.79 Å². The van der Waals surface area contributed by atoms with E-state index in [0.29, 0.717) is 0 Å². The van der Waals surface area contributed by atoms with E-state index in [1.807, 2.05) is 0 Å². The first-order valence-electron chi connectivity index (χ1n) is 4.27. The molecule has 0 aromatic heterocycles. The number of carbonyl (C=O) groups excluding carboxylic acids is 1. The molecule has 15 heavy (non-hydrogen) atoms. The van der Waals surface area contributed by atoms with Crippen molar-refractivity contribution in [2.75, 3.05) is 20.0 Å². The molecule has 0 amide bonds. The lowest BCUT2D eigenvalue weighted by molar-refractivity contribution is -0.146. The molecule has 0 rings (SSSR count). The molecule has 0 bridgehead atoms. The number of amidine groups is 1. The quantitative estimate of drug-likeness (QED) is 0.311. The lowest BCUT2D eigenvalue weighted by Gasteiger charge is -2.10. The fraction of sp³-hybridized carbons (Fsp3) is 0.625. The van der Waals surface area contributed by atoms with Crippen molar-refractivity contribution in [2.24, 2.45) is 4.99 Å². The van der Waals surface area contributed by atoms with Crippen LogP contribution in [0.1, 0.15) is 6.92 Å². The topological polar surface area (TPSA) is 83.8 Å². The zero-order valence-corrected chi connectivity index (χ0v) is 9.76. The Kier molecular flexibility index (Phi) is 7.88. The largest absolute Gasteiger partial charge is 0.464 e. The number of nitrogens with zero attached hydrogens (tertiary/aromatic N) is 1. The van der Waals surface area contributed by atoms with E-state index in [0.717, 1.165) is 0 Å². The monoisotopic (exact) mass is 233 g/mol. The van der Waals surface area contributed by atoms with Gasteiger partial charge in [0, 0.05) is 6.21 Å². The van der Waals surface area contributed by atoms with Crippen molar-refractivity contribution in [2.45, 2.75) is 13.0 Å². The van der Waals surface area contributed by atoms with E-state index < -0.39 is 12.0 Å². The Labute approximate surface area is 92.9 Å². The Hall–Kier alpha value is -0.920. The Balaban J connectivity index is 4.32. The number of nitrogens with one attached hydrogen (secondary N) is 2. The minimum Gasteiger partial charge on any atom is -0.464 e. The van der Waals surface area contributed by atoms with Crippen LogP contribution in [0.4, 0.5) is 0 Å². The van der Waals surface area contributed by atoms with Gasteiger partial charge in [0.15, 0.2) is 11.2 Å². The molecular weight excluding hydrogens is 218 g/mol. The van der Waals surface area contributed by atoms with Crippen LogP contribution in [0.3, 0.4) is 0 Å². The highest BCUT2D eigenvalue weighted by Gasteiger charge is 2.16. The summed E-state index contributed by atoms with van der Waals surface area (Å²) in [5.41, 5.74) is 2.42. The smallest absolute Gasteiger partial charge is 0.331 e. The van der Waals surface area contributed by atoms with Gasteiger partial charge in [-0.1, -0.05) is 11.8 Å². The van der Waals surface area contributed by atoms with E-state index in [2.05, 4.69) is 15.3 Å². The summed E-state index contributed by atoms with van der Waals surface area (Å²) in [6.07, 6.45) is 3.00. The molecule has 2 N–H and O–H groups in total. The molecule has 1 unspecified atom stereocenters. The summed E-state index contributed by atoms with van der Waals surface area (Å²) in [6.45, 7) is 2.00. The second-order valence-electron chi connectivity index (χ2n) is 2.34. The molecule has 1 atom stereocenters. The molecule has 0 saturated carbocycles. The maximum atomic E-state index is 11.3. The fourth-order valence-corrected chi connectivity index (χ4v) is 0.860. The molecular formula is C8H15N3O3S. The maximum absolute atomic E-state index is 11.3. The molecule has 0 radical (unpaired) electrons. The first kappa shape index (κ1) is 14.1. The molecule has 0 spiro atoms. The zero-order valence-electron chi connectivity index (χ0n) is 8.94. The summed E-state index contributed by atoms with van der Waals surface area (Å²) in [7, 11) is 1.39. The normalized spacial score (nSPS) is 12.7. The number of hydrogen-bond acceptors (Lipinski definition) is 6. The van der Waals surface area contributed by atoms with Gasteiger partial charge < -0.3 is 9.57 Å². The third-order valence-corrected chi connectivity index (χ3v) is 1.81. The van der Waals surface area contributed by atoms with Crippen molar-refractivity contribution in [1.82, 2.24) is 5.48 Å². The molecule has 0 aliphatic heterocycles. The summed E-state index contributed by atoms with van der Waals surface area (Å²) in [4.78, 5) is 19.7. The summed E-state index contributed by atoms with van der Waals surface area (Å²) in [6, 6.07) is -0.789. The molecule has 0 aliphatic carbocycles. The lowest BCUT2D eigenvalue weighted by atomic mass is 10.3. The van der Waals surface area contributed by atoms with Crippen LogP contribution in [0, 0.1) is 5.41 Å². The predicted octanol–water partition coefficient (Wildman–Crippen LogP) is 0.438. The maximum Gasteiger partial charge on any atom is 0.331 e. The van der Waals surface area contributed by atoms with Gasteiger partial charge >= 0.3 is 5.97 Å². The lowest BCUT2D eigenvalue weighted by Crippen LogP contribution is -2.38. The second kappa shape index (κ2) is 8.39. The molecule has 0 aromatic rings. The number of hydroxylamine groups is 1. The number of hydrogen-bond donors (Lipinski definition) is 2. The van der Waals surface area contributed by atoms with Crippen LogP contribution in [0.25, 0.3) is 0 Å². The third kappa shape index (κ3) is 6.21. The summed E-state index contributed by atoms with van der Waals surface area (Å²) < 4.78 is 4.77. The van der Waals surface area contributed by atoms with E-state index in [-0.39, 0.29) is 11.8 Å². The van der Waals surface area contributed by atoms with E-state index >= 15 is 0 Å². The number of thioether (sulfide) groups is 1. The fourth-order valence-electron chi connectivity index (χ4n) is 0.693. The van der Waals surface area contributed by atoms with Gasteiger partial charge in [0.2, 0.25) is 0 Å². The number of rotatable bonds is 5. The van der Waals surface area contributed by atoms with Crippen molar-refractivity contribution < 1.29 is 14.4 Å². The van der Waals surface area contributed by atoms with Gasteiger partial charge in [-0.25, -0.2) is 9.79 Å². The molecule has 0 aliphatic rings. The zero-order chi connectivity index (χ0) is 11.7. The van der Waals surface area contributed by atoms with Crippen LogP contribution in [-0.2, 0) is 14.4 Å². The average molecular weight is 233 g/mol. The number of aliphatic imine (C=N–C) groups is 1. The van der Waals surface area contributed by atoms with E-state index in [4.69, 9.17) is 10.1 Å². The minimum atomic E-state index is -0.789. The number of ether oxygens (including phenoxy) is 1. The summed E-state index contributed by atoms with van der Waals surface area (Å²) >= 11 is 1.17. The highest BCUT2D eigenvalue weighted by molar-refractivity contribution is 8.13. The summed E-state index contributed by atoms with van der Waals surface area (Å²) in [5, 5.41) is 7.36. The highest BCUT2D eigenvalue weighted by Crippen LogP contribution is 1.96. The molecule has 0 fully saturated rings. The van der Waals surface area contributed by atoms with Crippen LogP contribution in [0.5, 0.6) is 0 Å².